The predicted octanol–water partition coefficient (Wildman–Crippen LogP) is 4.46. The molecule has 34 heavy (non-hydrogen) atoms. The predicted molar refractivity (Wildman–Crippen MR) is 134 cm³/mol. The number of hydrogen-bond donors (Lipinski definition) is 1. The number of nitrogens with zero attached hydrogens (tertiary/aromatic N) is 1. The Labute approximate surface area is 202 Å². The van der Waals surface area contributed by atoms with Gasteiger partial charge in [-0.2, -0.15) is 0 Å². The second-order valence-corrected chi connectivity index (χ2v) is 9.66. The average Bonchev–Trinajstić information content (AvgIpc) is 3.31. The van der Waals surface area contributed by atoms with Gasteiger partial charge in [0.05, 0.1) is 5.41 Å². The zero-order valence-corrected chi connectivity index (χ0v) is 19.6. The van der Waals surface area contributed by atoms with Gasteiger partial charge in [0.1, 0.15) is 0 Å². The quantitative estimate of drug-likeness (QED) is 0.600. The van der Waals surface area contributed by atoms with Crippen LogP contribution in [0.25, 0.3) is 0 Å². The van der Waals surface area contributed by atoms with E-state index in [1.165, 1.54) is 16.7 Å². The highest BCUT2D eigenvalue weighted by Gasteiger charge is 2.44. The highest BCUT2D eigenvalue weighted by Crippen LogP contribution is 2.37. The first-order chi connectivity index (χ1) is 16.6. The molecule has 174 valence electrons. The molecule has 2 amide bonds. The summed E-state index contributed by atoms with van der Waals surface area (Å²) in [6.07, 6.45) is 4.34. The first-order valence-corrected chi connectivity index (χ1v) is 12.4. The molecule has 4 nitrogen and oxygen atoms in total. The van der Waals surface area contributed by atoms with Crippen molar-refractivity contribution in [2.45, 2.75) is 50.0 Å². The van der Waals surface area contributed by atoms with Gasteiger partial charge in [-0.3, -0.25) is 9.59 Å². The van der Waals surface area contributed by atoms with Crippen LogP contribution in [0, 0.1) is 0 Å². The minimum absolute atomic E-state index is 0.105. The molecule has 3 aromatic rings. The third-order valence-corrected chi connectivity index (χ3v) is 7.59. The Bertz CT molecular complexity index is 1110. The van der Waals surface area contributed by atoms with E-state index in [1.807, 2.05) is 41.3 Å². The monoisotopic (exact) mass is 452 g/mol. The number of benzene rings is 3. The summed E-state index contributed by atoms with van der Waals surface area (Å²) in [5.74, 6) is 0.282. The zero-order chi connectivity index (χ0) is 23.4. The third-order valence-electron chi connectivity index (χ3n) is 7.59. The van der Waals surface area contributed by atoms with Crippen LogP contribution >= 0.6 is 0 Å². The zero-order valence-electron chi connectivity index (χ0n) is 19.6. The van der Waals surface area contributed by atoms with Gasteiger partial charge in [-0.05, 0) is 54.4 Å². The molecule has 1 aliphatic heterocycles. The van der Waals surface area contributed by atoms with Crippen LogP contribution in [0.15, 0.2) is 84.9 Å². The van der Waals surface area contributed by atoms with Crippen LogP contribution in [0.4, 0.5) is 0 Å². The molecule has 0 bridgehead atoms. The normalized spacial score (nSPS) is 17.2. The minimum Gasteiger partial charge on any atom is -0.352 e. The summed E-state index contributed by atoms with van der Waals surface area (Å²) in [5.41, 5.74) is 4.32. The summed E-state index contributed by atoms with van der Waals surface area (Å²) in [6, 6.07) is 28.9. The van der Waals surface area contributed by atoms with Crippen LogP contribution in [0.5, 0.6) is 0 Å². The van der Waals surface area contributed by atoms with Crippen LogP contribution in [0.2, 0.25) is 0 Å². The lowest BCUT2D eigenvalue weighted by atomic mass is 9.71. The Morgan fingerprint density at radius 3 is 1.97 bits per heavy atom. The van der Waals surface area contributed by atoms with Crippen molar-refractivity contribution in [1.82, 2.24) is 10.2 Å². The topological polar surface area (TPSA) is 49.4 Å². The Hall–Kier alpha value is -3.40. The lowest BCUT2D eigenvalue weighted by Crippen LogP contribution is -2.54. The lowest BCUT2D eigenvalue weighted by molar-refractivity contribution is -0.137. The Kier molecular flexibility index (Phi) is 6.48. The van der Waals surface area contributed by atoms with Gasteiger partial charge in [0.2, 0.25) is 11.8 Å². The van der Waals surface area contributed by atoms with Gasteiger partial charge < -0.3 is 10.2 Å². The number of hydrogen-bond acceptors (Lipinski definition) is 2. The van der Waals surface area contributed by atoms with Crippen molar-refractivity contribution >= 4 is 11.8 Å². The highest BCUT2D eigenvalue weighted by atomic mass is 16.2. The van der Waals surface area contributed by atoms with Crippen LogP contribution in [-0.4, -0.2) is 35.8 Å². The lowest BCUT2D eigenvalue weighted by Gasteiger charge is -2.41. The van der Waals surface area contributed by atoms with Crippen LogP contribution in [0.1, 0.15) is 41.5 Å². The summed E-state index contributed by atoms with van der Waals surface area (Å²) in [5, 5.41) is 3.38. The number of amides is 2. The molecule has 0 radical (unpaired) electrons. The third kappa shape index (κ3) is 4.63. The van der Waals surface area contributed by atoms with Gasteiger partial charge in [-0.1, -0.05) is 84.9 Å². The number of carbonyl (C=O) groups is 2. The fraction of sp³-hybridized carbons (Fsp3) is 0.333. The van der Waals surface area contributed by atoms with Crippen LogP contribution < -0.4 is 5.32 Å². The summed E-state index contributed by atoms with van der Waals surface area (Å²) in [7, 11) is 0. The maximum Gasteiger partial charge on any atom is 0.231 e. The minimum atomic E-state index is -0.591. The van der Waals surface area contributed by atoms with Crippen molar-refractivity contribution in [3.63, 3.8) is 0 Å². The second-order valence-electron chi connectivity index (χ2n) is 9.66. The maximum absolute atomic E-state index is 13.8. The number of fused-ring (bicyclic) bond motifs is 1. The Morgan fingerprint density at radius 1 is 0.794 bits per heavy atom. The van der Waals surface area contributed by atoms with Gasteiger partial charge >= 0.3 is 0 Å². The fourth-order valence-electron chi connectivity index (χ4n) is 5.58. The van der Waals surface area contributed by atoms with E-state index in [2.05, 4.69) is 53.8 Å². The molecule has 1 heterocycles. The molecule has 1 N–H and O–H groups in total. The molecule has 0 unspecified atom stereocenters. The van der Waals surface area contributed by atoms with Crippen LogP contribution in [0.3, 0.4) is 0 Å². The SMILES string of the molecule is O=C(CCc1ccccc1)N1CCC(C(=O)NC2Cc3ccccc3C2)(c2ccccc2)CC1. The van der Waals surface area contributed by atoms with E-state index in [-0.39, 0.29) is 17.9 Å². The van der Waals surface area contributed by atoms with E-state index < -0.39 is 5.41 Å². The summed E-state index contributed by atoms with van der Waals surface area (Å²) in [4.78, 5) is 28.7. The Balaban J connectivity index is 1.26. The number of piperidine rings is 1. The Morgan fingerprint density at radius 2 is 1.35 bits per heavy atom. The number of rotatable bonds is 6. The molecule has 1 aliphatic carbocycles. The van der Waals surface area contributed by atoms with E-state index in [0.29, 0.717) is 32.4 Å². The van der Waals surface area contributed by atoms with Crippen molar-refractivity contribution in [3.8, 4) is 0 Å². The van der Waals surface area contributed by atoms with Gasteiger partial charge in [0.15, 0.2) is 0 Å². The van der Waals surface area contributed by atoms with Gasteiger partial charge in [-0.25, -0.2) is 0 Å². The fourth-order valence-corrected chi connectivity index (χ4v) is 5.58. The van der Waals surface area contributed by atoms with E-state index >= 15 is 0 Å². The maximum atomic E-state index is 13.8. The summed E-state index contributed by atoms with van der Waals surface area (Å²) < 4.78 is 0. The number of nitrogens with one attached hydrogen (secondary N) is 1. The van der Waals surface area contributed by atoms with E-state index in [1.54, 1.807) is 0 Å². The summed E-state index contributed by atoms with van der Waals surface area (Å²) >= 11 is 0. The molecular weight excluding hydrogens is 420 g/mol. The molecule has 0 spiro atoms. The standard InChI is InChI=1S/C30H32N2O2/c33-28(16-15-23-9-3-1-4-10-23)32-19-17-30(18-20-32,26-13-5-2-6-14-26)29(34)31-27-21-24-11-7-8-12-25(24)22-27/h1-14,27H,15-22H2,(H,31,34). The molecule has 3 aromatic carbocycles. The van der Waals surface area contributed by atoms with Crippen molar-refractivity contribution < 1.29 is 9.59 Å². The molecule has 1 fully saturated rings. The molecule has 0 saturated carbocycles. The van der Waals surface area contributed by atoms with Gasteiger partial charge in [-0.15, -0.1) is 0 Å². The van der Waals surface area contributed by atoms with E-state index in [4.69, 9.17) is 0 Å². The summed E-state index contributed by atoms with van der Waals surface area (Å²) in [6.45, 7) is 1.22. The van der Waals surface area contributed by atoms with E-state index in [0.717, 1.165) is 24.8 Å². The number of likely N-dealkylation sites (tertiary alicyclic amines) is 1. The first kappa shape index (κ1) is 22.4. The molecule has 4 heteroatoms. The molecular formula is C30H32N2O2. The van der Waals surface area contributed by atoms with Gasteiger partial charge in [0.25, 0.3) is 0 Å². The average molecular weight is 453 g/mol. The van der Waals surface area contributed by atoms with Crippen LogP contribution in [-0.2, 0) is 34.3 Å². The highest BCUT2D eigenvalue weighted by molar-refractivity contribution is 5.89. The largest absolute Gasteiger partial charge is 0.352 e. The molecule has 5 rings (SSSR count). The second kappa shape index (κ2) is 9.84. The number of carbonyl (C=O) groups excluding carboxylic acids is 2. The molecule has 2 aliphatic rings. The van der Waals surface area contributed by atoms with Gasteiger partial charge in [0, 0.05) is 25.6 Å². The van der Waals surface area contributed by atoms with Crippen molar-refractivity contribution in [2.75, 3.05) is 13.1 Å². The van der Waals surface area contributed by atoms with Crippen molar-refractivity contribution in [1.29, 1.82) is 0 Å². The molecule has 0 atom stereocenters. The smallest absolute Gasteiger partial charge is 0.231 e. The van der Waals surface area contributed by atoms with Crippen molar-refractivity contribution in [3.05, 3.63) is 107 Å². The van der Waals surface area contributed by atoms with Crippen molar-refractivity contribution in [2.24, 2.45) is 0 Å². The first-order valence-electron chi connectivity index (χ1n) is 12.4. The number of aryl methyl sites for hydroxylation is 1. The molecule has 0 aromatic heterocycles. The van der Waals surface area contributed by atoms with E-state index in [9.17, 15) is 9.59 Å². The molecule has 1 saturated heterocycles.